The van der Waals surface area contributed by atoms with E-state index in [1.54, 1.807) is 11.8 Å². The molecule has 0 aromatic heterocycles. The predicted molar refractivity (Wildman–Crippen MR) is 42.1 cm³/mol. The Bertz CT molecular complexity index is 147. The zero-order valence-corrected chi connectivity index (χ0v) is 6.92. The maximum absolute atomic E-state index is 11.0. The van der Waals surface area contributed by atoms with Gasteiger partial charge in [0.25, 0.3) is 0 Å². The lowest BCUT2D eigenvalue weighted by molar-refractivity contribution is -0.133. The number of nitrogens with zero attached hydrogens (tertiary/aromatic N) is 1. The second-order valence-electron chi connectivity index (χ2n) is 3.04. The van der Waals surface area contributed by atoms with Gasteiger partial charge in [-0.15, -0.1) is 0 Å². The number of rotatable bonds is 1. The summed E-state index contributed by atoms with van der Waals surface area (Å²) in [6, 6.07) is 0.0845. The highest BCUT2D eigenvalue weighted by Crippen LogP contribution is 2.15. The van der Waals surface area contributed by atoms with Gasteiger partial charge in [-0.1, -0.05) is 0 Å². The van der Waals surface area contributed by atoms with Gasteiger partial charge >= 0.3 is 0 Å². The second kappa shape index (κ2) is 3.72. The van der Waals surface area contributed by atoms with Gasteiger partial charge in [-0.2, -0.15) is 0 Å². The van der Waals surface area contributed by atoms with Crippen molar-refractivity contribution in [1.82, 2.24) is 4.90 Å². The molecule has 0 saturated carbocycles. The summed E-state index contributed by atoms with van der Waals surface area (Å²) in [5, 5.41) is 8.92. The Hall–Kier alpha value is -0.570. The van der Waals surface area contributed by atoms with E-state index >= 15 is 0 Å². The summed E-state index contributed by atoms with van der Waals surface area (Å²) in [4.78, 5) is 12.8. The third-order valence-electron chi connectivity index (χ3n) is 2.24. The molecule has 0 aliphatic carbocycles. The molecule has 1 heterocycles. The minimum absolute atomic E-state index is 0.0845. The maximum atomic E-state index is 11.0. The minimum atomic E-state index is 0.0845. The Kier molecular flexibility index (Phi) is 2.88. The summed E-state index contributed by atoms with van der Waals surface area (Å²) in [7, 11) is 0. The van der Waals surface area contributed by atoms with Gasteiger partial charge in [0, 0.05) is 13.5 Å². The van der Waals surface area contributed by atoms with E-state index in [4.69, 9.17) is 5.11 Å². The molecule has 1 saturated heterocycles. The summed E-state index contributed by atoms with van der Waals surface area (Å²) in [6.07, 6.45) is 3.17. The number of carbonyl (C=O) groups excluding carboxylic acids is 1. The average molecular weight is 157 g/mol. The molecule has 3 heteroatoms. The van der Waals surface area contributed by atoms with E-state index in [1.165, 1.54) is 0 Å². The molecule has 1 atom stereocenters. The van der Waals surface area contributed by atoms with Crippen LogP contribution in [-0.2, 0) is 4.79 Å². The lowest BCUT2D eigenvalue weighted by Crippen LogP contribution is -2.44. The van der Waals surface area contributed by atoms with Crippen molar-refractivity contribution in [2.45, 2.75) is 32.2 Å². The van der Waals surface area contributed by atoms with Crippen LogP contribution < -0.4 is 0 Å². The first-order valence-electron chi connectivity index (χ1n) is 4.13. The average Bonchev–Trinajstić information content (AvgIpc) is 2.04. The van der Waals surface area contributed by atoms with Crippen molar-refractivity contribution >= 4 is 5.91 Å². The van der Waals surface area contributed by atoms with E-state index in [-0.39, 0.29) is 18.6 Å². The van der Waals surface area contributed by atoms with Crippen LogP contribution in [0.1, 0.15) is 26.2 Å². The van der Waals surface area contributed by atoms with Crippen LogP contribution in [0.5, 0.6) is 0 Å². The quantitative estimate of drug-likeness (QED) is 0.597. The highest BCUT2D eigenvalue weighted by Gasteiger charge is 2.22. The van der Waals surface area contributed by atoms with E-state index < -0.39 is 0 Å². The molecule has 1 N–H and O–H groups in total. The fourth-order valence-corrected chi connectivity index (χ4v) is 1.60. The Balaban J connectivity index is 2.51. The molecule has 1 fully saturated rings. The summed E-state index contributed by atoms with van der Waals surface area (Å²) in [5.41, 5.74) is 0. The third-order valence-corrected chi connectivity index (χ3v) is 2.24. The molecule has 1 amide bonds. The second-order valence-corrected chi connectivity index (χ2v) is 3.04. The summed E-state index contributed by atoms with van der Waals surface area (Å²) in [6.45, 7) is 2.49. The molecule has 0 radical (unpaired) electrons. The first-order chi connectivity index (χ1) is 5.25. The van der Waals surface area contributed by atoms with Crippen LogP contribution >= 0.6 is 0 Å². The lowest BCUT2D eigenvalue weighted by Gasteiger charge is -2.33. The zero-order valence-electron chi connectivity index (χ0n) is 6.92. The van der Waals surface area contributed by atoms with Gasteiger partial charge in [0.05, 0.1) is 12.6 Å². The molecule has 1 aliphatic rings. The predicted octanol–water partition coefficient (Wildman–Crippen LogP) is 0.380. The van der Waals surface area contributed by atoms with E-state index in [0.717, 1.165) is 25.8 Å². The molecular weight excluding hydrogens is 142 g/mol. The molecule has 0 aromatic rings. The molecule has 1 unspecified atom stereocenters. The summed E-state index contributed by atoms with van der Waals surface area (Å²) in [5.74, 6) is 0.0868. The Labute approximate surface area is 67.0 Å². The van der Waals surface area contributed by atoms with Crippen LogP contribution in [0.15, 0.2) is 0 Å². The SMILES string of the molecule is CC(=O)N1CCCCC1CO. The van der Waals surface area contributed by atoms with Crippen LogP contribution in [0.3, 0.4) is 0 Å². The van der Waals surface area contributed by atoms with Gasteiger partial charge in [0.1, 0.15) is 0 Å². The van der Waals surface area contributed by atoms with E-state index in [9.17, 15) is 4.79 Å². The van der Waals surface area contributed by atoms with Crippen molar-refractivity contribution in [3.05, 3.63) is 0 Å². The number of carbonyl (C=O) groups is 1. The molecule has 0 spiro atoms. The number of hydrogen-bond acceptors (Lipinski definition) is 2. The minimum Gasteiger partial charge on any atom is -0.394 e. The molecule has 3 nitrogen and oxygen atoms in total. The van der Waals surface area contributed by atoms with Crippen molar-refractivity contribution in [2.75, 3.05) is 13.2 Å². The molecule has 64 valence electrons. The van der Waals surface area contributed by atoms with Crippen molar-refractivity contribution in [2.24, 2.45) is 0 Å². The molecule has 1 aliphatic heterocycles. The van der Waals surface area contributed by atoms with Gasteiger partial charge in [-0.25, -0.2) is 0 Å². The smallest absolute Gasteiger partial charge is 0.219 e. The summed E-state index contributed by atoms with van der Waals surface area (Å²) < 4.78 is 0. The third kappa shape index (κ3) is 1.93. The molecule has 0 aromatic carbocycles. The number of aliphatic hydroxyl groups is 1. The van der Waals surface area contributed by atoms with Gasteiger partial charge in [0.15, 0.2) is 0 Å². The van der Waals surface area contributed by atoms with Crippen LogP contribution in [0.4, 0.5) is 0 Å². The molecule has 0 bridgehead atoms. The van der Waals surface area contributed by atoms with Crippen molar-refractivity contribution in [1.29, 1.82) is 0 Å². The Morgan fingerprint density at radius 2 is 2.36 bits per heavy atom. The normalized spacial score (nSPS) is 25.3. The largest absolute Gasteiger partial charge is 0.394 e. The number of amides is 1. The van der Waals surface area contributed by atoms with Gasteiger partial charge in [-0.05, 0) is 19.3 Å². The molecular formula is C8H15NO2. The van der Waals surface area contributed by atoms with Crippen LogP contribution in [0.2, 0.25) is 0 Å². The van der Waals surface area contributed by atoms with E-state index in [0.29, 0.717) is 0 Å². The highest BCUT2D eigenvalue weighted by atomic mass is 16.3. The van der Waals surface area contributed by atoms with E-state index in [2.05, 4.69) is 0 Å². The number of piperidine rings is 1. The number of hydrogen-bond donors (Lipinski definition) is 1. The maximum Gasteiger partial charge on any atom is 0.219 e. The molecule has 11 heavy (non-hydrogen) atoms. The Morgan fingerprint density at radius 3 is 2.82 bits per heavy atom. The van der Waals surface area contributed by atoms with Crippen molar-refractivity contribution in [3.63, 3.8) is 0 Å². The Morgan fingerprint density at radius 1 is 1.64 bits per heavy atom. The van der Waals surface area contributed by atoms with Crippen LogP contribution in [-0.4, -0.2) is 35.1 Å². The van der Waals surface area contributed by atoms with Crippen molar-refractivity contribution < 1.29 is 9.90 Å². The van der Waals surface area contributed by atoms with Crippen molar-refractivity contribution in [3.8, 4) is 0 Å². The van der Waals surface area contributed by atoms with Gasteiger partial charge in [-0.3, -0.25) is 4.79 Å². The molecule has 1 rings (SSSR count). The first kappa shape index (κ1) is 8.53. The van der Waals surface area contributed by atoms with Gasteiger partial charge < -0.3 is 10.0 Å². The fourth-order valence-electron chi connectivity index (χ4n) is 1.60. The fraction of sp³-hybridized carbons (Fsp3) is 0.875. The highest BCUT2D eigenvalue weighted by molar-refractivity contribution is 5.73. The number of likely N-dealkylation sites (tertiary alicyclic amines) is 1. The monoisotopic (exact) mass is 157 g/mol. The van der Waals surface area contributed by atoms with E-state index in [1.807, 2.05) is 0 Å². The van der Waals surface area contributed by atoms with Crippen LogP contribution in [0, 0.1) is 0 Å². The standard InChI is InChI=1S/C8H15NO2/c1-7(11)9-5-3-2-4-8(9)6-10/h8,10H,2-6H2,1H3. The lowest BCUT2D eigenvalue weighted by atomic mass is 10.0. The number of aliphatic hydroxyl groups excluding tert-OH is 1. The zero-order chi connectivity index (χ0) is 8.27. The topological polar surface area (TPSA) is 40.5 Å². The summed E-state index contributed by atoms with van der Waals surface area (Å²) >= 11 is 0. The first-order valence-corrected chi connectivity index (χ1v) is 4.13. The van der Waals surface area contributed by atoms with Gasteiger partial charge in [0.2, 0.25) is 5.91 Å². The van der Waals surface area contributed by atoms with Crippen LogP contribution in [0.25, 0.3) is 0 Å².